The van der Waals surface area contributed by atoms with Crippen LogP contribution in [0.2, 0.25) is 0 Å². The average Bonchev–Trinajstić information content (AvgIpc) is 3.19. The molecule has 1 N–H and O–H groups in total. The predicted octanol–water partition coefficient (Wildman–Crippen LogP) is 6.33. The molecule has 1 nitrogen and oxygen atoms in total. The van der Waals surface area contributed by atoms with Crippen LogP contribution in [0.15, 0.2) is 84.9 Å². The van der Waals surface area contributed by atoms with Gasteiger partial charge in [0.05, 0.1) is 0 Å². The molecule has 4 aromatic rings. The van der Waals surface area contributed by atoms with Gasteiger partial charge in [0.25, 0.3) is 0 Å². The maximum absolute atomic E-state index is 12.6. The Morgan fingerprint density at radius 1 is 0.586 bits per heavy atom. The number of fused-ring (bicyclic) bond motifs is 6. The molecule has 0 aromatic heterocycles. The molecule has 0 spiro atoms. The van der Waals surface area contributed by atoms with Crippen LogP contribution in [0.3, 0.4) is 0 Å². The van der Waals surface area contributed by atoms with Gasteiger partial charge >= 0.3 is 0 Å². The van der Waals surface area contributed by atoms with Crippen LogP contribution in [0.1, 0.15) is 39.3 Å². The fraction of sp³-hybridized carbons (Fsp3) is 0.143. The second-order valence-electron chi connectivity index (χ2n) is 8.47. The summed E-state index contributed by atoms with van der Waals surface area (Å²) < 4.78 is 0. The van der Waals surface area contributed by atoms with Crippen LogP contribution in [-0.4, -0.2) is 5.11 Å². The molecule has 0 atom stereocenters. The van der Waals surface area contributed by atoms with Gasteiger partial charge in [-0.1, -0.05) is 96.1 Å². The van der Waals surface area contributed by atoms with E-state index >= 15 is 0 Å². The number of rotatable bonds is 1. The molecule has 1 heteroatoms. The Morgan fingerprint density at radius 2 is 1.03 bits per heavy atom. The van der Waals surface area contributed by atoms with Crippen molar-refractivity contribution in [3.63, 3.8) is 0 Å². The maximum Gasteiger partial charge on any atom is 0.127 e. The highest BCUT2D eigenvalue weighted by Gasteiger charge is 2.51. The highest BCUT2D eigenvalue weighted by molar-refractivity contribution is 5.86. The second-order valence-corrected chi connectivity index (χ2v) is 8.47. The van der Waals surface area contributed by atoms with Crippen molar-refractivity contribution in [1.29, 1.82) is 0 Å². The van der Waals surface area contributed by atoms with Crippen LogP contribution in [0.4, 0.5) is 0 Å². The molecule has 0 fully saturated rings. The standard InChI is InChI=1S/C28H22O/c1-17-11-13-21-22-14-12-18(2)16-26(22)28(29,25(21)15-17)27-23-9-5-3-7-19(23)20-8-4-6-10-24(20)27/h3-16,27,29H,1-2H3. The molecular weight excluding hydrogens is 352 g/mol. The van der Waals surface area contributed by atoms with Gasteiger partial charge in [-0.2, -0.15) is 0 Å². The van der Waals surface area contributed by atoms with Gasteiger partial charge in [-0.3, -0.25) is 0 Å². The first-order valence-corrected chi connectivity index (χ1v) is 10.2. The summed E-state index contributed by atoms with van der Waals surface area (Å²) in [4.78, 5) is 0. The minimum absolute atomic E-state index is 0.126. The quantitative estimate of drug-likeness (QED) is 0.413. The Bertz CT molecular complexity index is 1200. The van der Waals surface area contributed by atoms with Gasteiger partial charge in [-0.05, 0) is 58.4 Å². The topological polar surface area (TPSA) is 20.2 Å². The zero-order valence-corrected chi connectivity index (χ0v) is 16.6. The van der Waals surface area contributed by atoms with E-state index in [2.05, 4.69) is 98.8 Å². The van der Waals surface area contributed by atoms with Crippen LogP contribution in [0.5, 0.6) is 0 Å². The van der Waals surface area contributed by atoms with Crippen LogP contribution in [0.25, 0.3) is 22.3 Å². The average molecular weight is 374 g/mol. The van der Waals surface area contributed by atoms with Crippen molar-refractivity contribution in [3.05, 3.63) is 118 Å². The smallest absolute Gasteiger partial charge is 0.127 e. The van der Waals surface area contributed by atoms with Gasteiger partial charge in [-0.25, -0.2) is 0 Å². The van der Waals surface area contributed by atoms with Crippen molar-refractivity contribution >= 4 is 0 Å². The summed E-state index contributed by atoms with van der Waals surface area (Å²) >= 11 is 0. The third-order valence-electron chi connectivity index (χ3n) is 6.71. The lowest BCUT2D eigenvalue weighted by atomic mass is 9.74. The number of benzene rings is 4. The first kappa shape index (κ1) is 16.8. The Morgan fingerprint density at radius 3 is 1.52 bits per heavy atom. The molecule has 0 saturated carbocycles. The van der Waals surface area contributed by atoms with Crippen LogP contribution in [0, 0.1) is 13.8 Å². The predicted molar refractivity (Wildman–Crippen MR) is 118 cm³/mol. The molecule has 2 aliphatic carbocycles. The Balaban J connectivity index is 1.73. The van der Waals surface area contributed by atoms with E-state index in [1.165, 1.54) is 33.4 Å². The molecule has 0 heterocycles. The van der Waals surface area contributed by atoms with E-state index in [0.717, 1.165) is 22.3 Å². The minimum atomic E-state index is -1.09. The molecule has 0 aliphatic heterocycles. The van der Waals surface area contributed by atoms with E-state index in [9.17, 15) is 5.11 Å². The fourth-order valence-electron chi connectivity index (χ4n) is 5.48. The molecule has 29 heavy (non-hydrogen) atoms. The molecule has 0 radical (unpaired) electrons. The summed E-state index contributed by atoms with van der Waals surface area (Å²) in [5, 5.41) is 12.6. The lowest BCUT2D eigenvalue weighted by Gasteiger charge is -2.34. The van der Waals surface area contributed by atoms with E-state index < -0.39 is 5.60 Å². The highest BCUT2D eigenvalue weighted by atomic mass is 16.3. The molecule has 2 aliphatic rings. The van der Waals surface area contributed by atoms with Gasteiger partial charge < -0.3 is 5.11 Å². The monoisotopic (exact) mass is 374 g/mol. The molecule has 0 unspecified atom stereocenters. The van der Waals surface area contributed by atoms with Crippen molar-refractivity contribution in [1.82, 2.24) is 0 Å². The van der Waals surface area contributed by atoms with Crippen molar-refractivity contribution in [3.8, 4) is 22.3 Å². The van der Waals surface area contributed by atoms with Gasteiger partial charge in [0.15, 0.2) is 0 Å². The number of hydrogen-bond donors (Lipinski definition) is 1. The molecular formula is C28H22O. The molecule has 0 amide bonds. The van der Waals surface area contributed by atoms with Crippen LogP contribution >= 0.6 is 0 Å². The molecule has 140 valence electrons. The second kappa shape index (κ2) is 5.68. The fourth-order valence-corrected chi connectivity index (χ4v) is 5.48. The number of aryl methyl sites for hydroxylation is 2. The van der Waals surface area contributed by atoms with Crippen LogP contribution < -0.4 is 0 Å². The first-order chi connectivity index (χ1) is 14.1. The van der Waals surface area contributed by atoms with Crippen molar-refractivity contribution in [2.45, 2.75) is 25.4 Å². The van der Waals surface area contributed by atoms with Crippen molar-refractivity contribution in [2.75, 3.05) is 0 Å². The summed E-state index contributed by atoms with van der Waals surface area (Å²) in [6.07, 6.45) is 0. The van der Waals surface area contributed by atoms with Gasteiger partial charge in [0, 0.05) is 5.92 Å². The van der Waals surface area contributed by atoms with Gasteiger partial charge in [0.2, 0.25) is 0 Å². The van der Waals surface area contributed by atoms with E-state index in [4.69, 9.17) is 0 Å². The lowest BCUT2D eigenvalue weighted by Crippen LogP contribution is -2.33. The molecule has 6 rings (SSSR count). The van der Waals surface area contributed by atoms with Gasteiger partial charge in [0.1, 0.15) is 5.60 Å². The summed E-state index contributed by atoms with van der Waals surface area (Å²) in [6, 6.07) is 30.1. The van der Waals surface area contributed by atoms with E-state index in [1.54, 1.807) is 0 Å². The van der Waals surface area contributed by atoms with E-state index in [1.807, 2.05) is 0 Å². The lowest BCUT2D eigenvalue weighted by molar-refractivity contribution is 0.0685. The molecule has 0 bridgehead atoms. The summed E-state index contributed by atoms with van der Waals surface area (Å²) in [7, 11) is 0. The highest BCUT2D eigenvalue weighted by Crippen LogP contribution is 2.60. The Labute approximate surface area is 171 Å². The first-order valence-electron chi connectivity index (χ1n) is 10.2. The number of hydrogen-bond acceptors (Lipinski definition) is 1. The van der Waals surface area contributed by atoms with Crippen molar-refractivity contribution in [2.24, 2.45) is 0 Å². The van der Waals surface area contributed by atoms with Crippen LogP contribution in [-0.2, 0) is 5.60 Å². The third-order valence-corrected chi connectivity index (χ3v) is 6.71. The van der Waals surface area contributed by atoms with Gasteiger partial charge in [-0.15, -0.1) is 0 Å². The summed E-state index contributed by atoms with van der Waals surface area (Å²) in [6.45, 7) is 4.21. The van der Waals surface area contributed by atoms with E-state index in [0.29, 0.717) is 0 Å². The molecule has 0 saturated heterocycles. The largest absolute Gasteiger partial charge is 0.379 e. The Kier molecular flexibility index (Phi) is 3.29. The van der Waals surface area contributed by atoms with E-state index in [-0.39, 0.29) is 5.92 Å². The normalized spacial score (nSPS) is 15.6. The minimum Gasteiger partial charge on any atom is -0.379 e. The zero-order valence-electron chi connectivity index (χ0n) is 16.6. The van der Waals surface area contributed by atoms with Crippen molar-refractivity contribution < 1.29 is 5.11 Å². The summed E-state index contributed by atoms with van der Waals surface area (Å²) in [5.74, 6) is -0.126. The third kappa shape index (κ3) is 2.08. The molecule has 4 aromatic carbocycles. The summed E-state index contributed by atoms with van der Waals surface area (Å²) in [5.41, 5.74) is 10.5. The zero-order chi connectivity index (χ0) is 19.8. The SMILES string of the molecule is Cc1ccc2c(c1)C(O)(C1c3ccccc3-c3ccccc31)c1cc(C)ccc1-2. The maximum atomic E-state index is 12.6. The number of aliphatic hydroxyl groups is 1. The Hall–Kier alpha value is -3.16.